The lowest BCUT2D eigenvalue weighted by atomic mass is 9.79. The van der Waals surface area contributed by atoms with Crippen LogP contribution in [-0.4, -0.2) is 30.0 Å². The lowest BCUT2D eigenvalue weighted by molar-refractivity contribution is -0.149. The Morgan fingerprint density at radius 2 is 1.81 bits per heavy atom. The minimum Gasteiger partial charge on any atom is -0.481 e. The van der Waals surface area contributed by atoms with Crippen molar-refractivity contribution >= 4 is 11.9 Å². The predicted octanol–water partition coefficient (Wildman–Crippen LogP) is 1.26. The topological polar surface area (TPSA) is 66.4 Å². The van der Waals surface area contributed by atoms with Crippen LogP contribution < -0.4 is 5.32 Å². The van der Waals surface area contributed by atoms with Crippen molar-refractivity contribution in [3.8, 4) is 0 Å². The van der Waals surface area contributed by atoms with Gasteiger partial charge in [-0.1, -0.05) is 12.8 Å². The summed E-state index contributed by atoms with van der Waals surface area (Å²) in [4.78, 5) is 22.4. The van der Waals surface area contributed by atoms with Gasteiger partial charge in [0.1, 0.15) is 0 Å². The molecule has 0 heterocycles. The van der Waals surface area contributed by atoms with E-state index in [1.165, 1.54) is 0 Å². The number of aliphatic carboxylic acids is 1. The van der Waals surface area contributed by atoms with Gasteiger partial charge in [0.25, 0.3) is 6.43 Å². The fourth-order valence-electron chi connectivity index (χ4n) is 2.05. The van der Waals surface area contributed by atoms with E-state index in [0.717, 1.165) is 12.8 Å². The normalized spacial score (nSPS) is 25.4. The van der Waals surface area contributed by atoms with Crippen molar-refractivity contribution in [1.29, 1.82) is 0 Å². The summed E-state index contributed by atoms with van der Waals surface area (Å²) in [6, 6.07) is 0. The van der Waals surface area contributed by atoms with Crippen LogP contribution in [0.15, 0.2) is 0 Å². The molecule has 0 aromatic heterocycles. The summed E-state index contributed by atoms with van der Waals surface area (Å²) in [5, 5.41) is 11.0. The van der Waals surface area contributed by atoms with Crippen LogP contribution in [0, 0.1) is 11.8 Å². The van der Waals surface area contributed by atoms with E-state index in [1.54, 1.807) is 0 Å². The maximum Gasteiger partial charge on any atom is 0.307 e. The first-order valence-corrected chi connectivity index (χ1v) is 5.31. The molecule has 0 spiro atoms. The Labute approximate surface area is 92.0 Å². The minimum atomic E-state index is -2.60. The molecule has 4 nitrogen and oxygen atoms in total. The molecule has 1 aliphatic rings. The molecule has 0 aromatic rings. The molecule has 0 aliphatic heterocycles. The fourth-order valence-corrected chi connectivity index (χ4v) is 2.05. The predicted molar refractivity (Wildman–Crippen MR) is 52.1 cm³/mol. The number of amides is 1. The number of hydrogen-bond acceptors (Lipinski definition) is 2. The molecule has 1 aliphatic carbocycles. The van der Waals surface area contributed by atoms with Crippen molar-refractivity contribution < 1.29 is 23.5 Å². The van der Waals surface area contributed by atoms with E-state index >= 15 is 0 Å². The summed E-state index contributed by atoms with van der Waals surface area (Å²) in [5.41, 5.74) is 0. The zero-order valence-corrected chi connectivity index (χ0v) is 8.79. The number of carboxylic acid groups (broad SMARTS) is 1. The molecule has 16 heavy (non-hydrogen) atoms. The number of hydrogen-bond donors (Lipinski definition) is 2. The number of carboxylic acids is 1. The number of rotatable bonds is 4. The van der Waals surface area contributed by atoms with Crippen molar-refractivity contribution in [2.24, 2.45) is 11.8 Å². The number of halogens is 2. The Bertz CT molecular complexity index is 271. The summed E-state index contributed by atoms with van der Waals surface area (Å²) in [7, 11) is 0. The molecule has 1 saturated carbocycles. The molecule has 0 radical (unpaired) electrons. The van der Waals surface area contributed by atoms with E-state index in [1.807, 2.05) is 0 Å². The van der Waals surface area contributed by atoms with E-state index in [-0.39, 0.29) is 0 Å². The smallest absolute Gasteiger partial charge is 0.307 e. The highest BCUT2D eigenvalue weighted by atomic mass is 19.3. The monoisotopic (exact) mass is 235 g/mol. The molecule has 1 amide bonds. The second-order valence-corrected chi connectivity index (χ2v) is 3.97. The first-order valence-electron chi connectivity index (χ1n) is 5.31. The van der Waals surface area contributed by atoms with Crippen molar-refractivity contribution in [1.82, 2.24) is 5.32 Å². The van der Waals surface area contributed by atoms with Gasteiger partial charge in [-0.15, -0.1) is 0 Å². The maximum atomic E-state index is 11.9. The van der Waals surface area contributed by atoms with E-state index in [9.17, 15) is 18.4 Å². The van der Waals surface area contributed by atoms with Gasteiger partial charge in [-0.05, 0) is 12.8 Å². The maximum absolute atomic E-state index is 11.9. The van der Waals surface area contributed by atoms with Gasteiger partial charge in [0, 0.05) is 0 Å². The van der Waals surface area contributed by atoms with Gasteiger partial charge < -0.3 is 10.4 Å². The van der Waals surface area contributed by atoms with E-state index < -0.39 is 36.7 Å². The highest BCUT2D eigenvalue weighted by Gasteiger charge is 2.35. The molecule has 1 rings (SSSR count). The molecule has 6 heteroatoms. The second kappa shape index (κ2) is 5.77. The highest BCUT2D eigenvalue weighted by Crippen LogP contribution is 2.30. The number of alkyl halides is 2. The van der Waals surface area contributed by atoms with Gasteiger partial charge in [0.15, 0.2) is 0 Å². The van der Waals surface area contributed by atoms with E-state index in [4.69, 9.17) is 5.11 Å². The Morgan fingerprint density at radius 1 is 1.25 bits per heavy atom. The van der Waals surface area contributed by atoms with E-state index in [0.29, 0.717) is 12.8 Å². The average Bonchev–Trinajstić information content (AvgIpc) is 2.25. The quantitative estimate of drug-likeness (QED) is 0.770. The zero-order chi connectivity index (χ0) is 12.1. The third-order valence-electron chi connectivity index (χ3n) is 2.85. The summed E-state index contributed by atoms with van der Waals surface area (Å²) >= 11 is 0. The minimum absolute atomic E-state index is 0.447. The highest BCUT2D eigenvalue weighted by molar-refractivity contribution is 5.84. The van der Waals surface area contributed by atoms with Crippen LogP contribution in [-0.2, 0) is 9.59 Å². The standard InChI is InChI=1S/C10H15F2NO3/c11-8(12)5-13-9(14)6-3-1-2-4-7(6)10(15)16/h6-8H,1-5H2,(H,13,14)(H,15,16)/t6-,7+/m1/s1. The van der Waals surface area contributed by atoms with Gasteiger partial charge in [-0.2, -0.15) is 0 Å². The van der Waals surface area contributed by atoms with Crippen LogP contribution in [0.2, 0.25) is 0 Å². The fraction of sp³-hybridized carbons (Fsp3) is 0.800. The van der Waals surface area contributed by atoms with Crippen LogP contribution in [0.25, 0.3) is 0 Å². The SMILES string of the molecule is O=C(O)[C@H]1CCCC[C@H]1C(=O)NCC(F)F. The summed E-state index contributed by atoms with van der Waals surface area (Å²) in [6.07, 6.45) is -0.142. The first kappa shape index (κ1) is 12.9. The van der Waals surface area contributed by atoms with Crippen LogP contribution >= 0.6 is 0 Å². The number of nitrogens with one attached hydrogen (secondary N) is 1. The molecule has 0 unspecified atom stereocenters. The summed E-state index contributed by atoms with van der Waals surface area (Å²) in [5.74, 6) is -2.97. The van der Waals surface area contributed by atoms with Crippen LogP contribution in [0.1, 0.15) is 25.7 Å². The molecule has 2 N–H and O–H groups in total. The molecule has 0 aromatic carbocycles. The van der Waals surface area contributed by atoms with E-state index in [2.05, 4.69) is 5.32 Å². The first-order chi connectivity index (χ1) is 7.52. The zero-order valence-electron chi connectivity index (χ0n) is 8.79. The van der Waals surface area contributed by atoms with Gasteiger partial charge >= 0.3 is 5.97 Å². The second-order valence-electron chi connectivity index (χ2n) is 3.97. The van der Waals surface area contributed by atoms with Gasteiger partial charge in [0.2, 0.25) is 5.91 Å². The van der Waals surface area contributed by atoms with Crippen molar-refractivity contribution in [2.45, 2.75) is 32.1 Å². The lowest BCUT2D eigenvalue weighted by Gasteiger charge is -2.27. The molecule has 2 atom stereocenters. The molecule has 1 fully saturated rings. The van der Waals surface area contributed by atoms with Gasteiger partial charge in [-0.25, -0.2) is 8.78 Å². The Kier molecular flexibility index (Phi) is 4.64. The van der Waals surface area contributed by atoms with Crippen LogP contribution in [0.5, 0.6) is 0 Å². The van der Waals surface area contributed by atoms with Crippen LogP contribution in [0.3, 0.4) is 0 Å². The molecule has 0 saturated heterocycles. The average molecular weight is 235 g/mol. The van der Waals surface area contributed by atoms with Crippen molar-refractivity contribution in [3.05, 3.63) is 0 Å². The number of carbonyl (C=O) groups excluding carboxylic acids is 1. The Hall–Kier alpha value is -1.20. The molecule has 0 bridgehead atoms. The Morgan fingerprint density at radius 3 is 2.31 bits per heavy atom. The molecular formula is C10H15F2NO3. The molecule has 92 valence electrons. The molecular weight excluding hydrogens is 220 g/mol. The summed E-state index contributed by atoms with van der Waals surface area (Å²) < 4.78 is 23.8. The summed E-state index contributed by atoms with van der Waals surface area (Å²) in [6.45, 7) is -0.707. The Balaban J connectivity index is 2.54. The van der Waals surface area contributed by atoms with Crippen molar-refractivity contribution in [3.63, 3.8) is 0 Å². The van der Waals surface area contributed by atoms with Crippen LogP contribution in [0.4, 0.5) is 8.78 Å². The third-order valence-corrected chi connectivity index (χ3v) is 2.85. The third kappa shape index (κ3) is 3.43. The van der Waals surface area contributed by atoms with Crippen molar-refractivity contribution in [2.75, 3.05) is 6.54 Å². The van der Waals surface area contributed by atoms with Gasteiger partial charge in [-0.3, -0.25) is 9.59 Å². The largest absolute Gasteiger partial charge is 0.481 e. The lowest BCUT2D eigenvalue weighted by Crippen LogP contribution is -2.41. The van der Waals surface area contributed by atoms with Gasteiger partial charge in [0.05, 0.1) is 18.4 Å². The number of carbonyl (C=O) groups is 2.